The van der Waals surface area contributed by atoms with E-state index in [1.807, 2.05) is 49.1 Å². The number of rotatable bonds is 6. The molecule has 36 heavy (non-hydrogen) atoms. The number of nitrogens with one attached hydrogen (secondary N) is 1. The Balaban J connectivity index is 1.38. The van der Waals surface area contributed by atoms with Crippen LogP contribution in [-0.2, 0) is 4.79 Å². The number of carbonyl (C=O) groups is 1. The van der Waals surface area contributed by atoms with Crippen LogP contribution in [0.1, 0.15) is 26.7 Å². The molecule has 1 aliphatic rings. The molecule has 1 amide bonds. The molecule has 9 heteroatoms. The third-order valence-corrected chi connectivity index (χ3v) is 8.67. The van der Waals surface area contributed by atoms with E-state index < -0.39 is 0 Å². The fraction of sp³-hybridized carbons (Fsp3) is 0.333. The minimum Gasteiger partial charge on any atom is -0.348 e. The van der Waals surface area contributed by atoms with Crippen LogP contribution in [0.3, 0.4) is 0 Å². The van der Waals surface area contributed by atoms with Crippen molar-refractivity contribution in [2.24, 2.45) is 5.92 Å². The Morgan fingerprint density at radius 2 is 1.72 bits per heavy atom. The van der Waals surface area contributed by atoms with E-state index in [0.717, 1.165) is 70.3 Å². The monoisotopic (exact) mass is 535 g/mol. The zero-order valence-corrected chi connectivity index (χ0v) is 22.9. The molecule has 5 rings (SSSR count). The van der Waals surface area contributed by atoms with Gasteiger partial charge >= 0.3 is 0 Å². The molecule has 1 saturated heterocycles. The lowest BCUT2D eigenvalue weighted by Gasteiger charge is -2.36. The summed E-state index contributed by atoms with van der Waals surface area (Å²) in [6.45, 7) is 7.06. The van der Waals surface area contributed by atoms with Gasteiger partial charge in [-0.1, -0.05) is 12.1 Å². The molecule has 0 radical (unpaired) electrons. The van der Waals surface area contributed by atoms with E-state index in [0.29, 0.717) is 11.7 Å². The van der Waals surface area contributed by atoms with Crippen molar-refractivity contribution < 1.29 is 4.79 Å². The smallest absolute Gasteiger partial charge is 0.227 e. The highest BCUT2D eigenvalue weighted by atomic mass is 32.1. The maximum Gasteiger partial charge on any atom is 0.227 e. The second-order valence-corrected chi connectivity index (χ2v) is 11.1. The zero-order valence-electron chi connectivity index (χ0n) is 20.4. The van der Waals surface area contributed by atoms with Crippen LogP contribution in [0.4, 0.5) is 5.69 Å². The number of anilines is 1. The summed E-state index contributed by atoms with van der Waals surface area (Å²) in [6.07, 6.45) is 1.87. The summed E-state index contributed by atoms with van der Waals surface area (Å²) >= 11 is 9.10. The Morgan fingerprint density at radius 3 is 2.33 bits per heavy atom. The minimum atomic E-state index is -0.00935. The molecule has 186 valence electrons. The van der Waals surface area contributed by atoms with Gasteiger partial charge in [0.25, 0.3) is 0 Å². The first kappa shape index (κ1) is 24.8. The predicted molar refractivity (Wildman–Crippen MR) is 155 cm³/mol. The highest BCUT2D eigenvalue weighted by molar-refractivity contribution is 7.80. The third kappa shape index (κ3) is 5.14. The molecule has 1 unspecified atom stereocenters. The van der Waals surface area contributed by atoms with Gasteiger partial charge < -0.3 is 15.1 Å². The van der Waals surface area contributed by atoms with Gasteiger partial charge in [0.15, 0.2) is 5.11 Å². The number of thiocarbonyl (C=S) groups is 1. The van der Waals surface area contributed by atoms with E-state index in [1.165, 1.54) is 0 Å². The number of piperidine rings is 1. The first-order chi connectivity index (χ1) is 17.6. The van der Waals surface area contributed by atoms with Crippen molar-refractivity contribution in [2.75, 3.05) is 31.5 Å². The van der Waals surface area contributed by atoms with Gasteiger partial charge in [-0.3, -0.25) is 4.79 Å². The van der Waals surface area contributed by atoms with Crippen LogP contribution >= 0.6 is 34.9 Å². The van der Waals surface area contributed by atoms with Crippen molar-refractivity contribution in [1.29, 1.82) is 0 Å². The fourth-order valence-corrected chi connectivity index (χ4v) is 6.37. The number of nitrogens with zero attached hydrogens (tertiary/aromatic N) is 4. The number of aromatic nitrogens is 2. The Kier molecular flexibility index (Phi) is 7.59. The van der Waals surface area contributed by atoms with E-state index in [-0.39, 0.29) is 11.8 Å². The maximum absolute atomic E-state index is 12.9. The van der Waals surface area contributed by atoms with Gasteiger partial charge in [0, 0.05) is 31.9 Å². The molecule has 1 aliphatic heterocycles. The molecule has 1 aromatic carbocycles. The third-order valence-electron chi connectivity index (χ3n) is 6.56. The fourth-order valence-electron chi connectivity index (χ4n) is 4.66. The number of hydrogen-bond donors (Lipinski definition) is 1. The molecule has 3 aromatic heterocycles. The number of hydrogen-bond acceptors (Lipinski definition) is 6. The zero-order chi connectivity index (χ0) is 25.1. The number of likely N-dealkylation sites (tertiary alicyclic amines) is 1. The van der Waals surface area contributed by atoms with Gasteiger partial charge in [-0.05, 0) is 80.0 Å². The summed E-state index contributed by atoms with van der Waals surface area (Å²) in [5.41, 5.74) is 4.35. The predicted octanol–water partition coefficient (Wildman–Crippen LogP) is 6.36. The van der Waals surface area contributed by atoms with Gasteiger partial charge in [0.1, 0.15) is 11.4 Å². The largest absolute Gasteiger partial charge is 0.348 e. The quantitative estimate of drug-likeness (QED) is 0.290. The van der Waals surface area contributed by atoms with Crippen LogP contribution in [0.25, 0.3) is 32.2 Å². The van der Waals surface area contributed by atoms with Gasteiger partial charge in [0.2, 0.25) is 5.91 Å². The lowest BCUT2D eigenvalue weighted by atomic mass is 9.96. The molecule has 4 aromatic rings. The molecule has 1 fully saturated rings. The molecule has 6 nitrogen and oxygen atoms in total. The molecule has 1 atom stereocenters. The summed E-state index contributed by atoms with van der Waals surface area (Å²) in [5, 5.41) is 8.16. The van der Waals surface area contributed by atoms with Gasteiger partial charge in [-0.25, -0.2) is 9.97 Å². The van der Waals surface area contributed by atoms with Crippen molar-refractivity contribution in [3.05, 3.63) is 53.2 Å². The second-order valence-electron chi connectivity index (χ2n) is 8.80. The van der Waals surface area contributed by atoms with Crippen LogP contribution in [0, 0.1) is 5.92 Å². The molecule has 4 heterocycles. The normalized spacial score (nSPS) is 15.7. The van der Waals surface area contributed by atoms with Crippen LogP contribution in [0.5, 0.6) is 0 Å². The second kappa shape index (κ2) is 11.0. The molecule has 0 bridgehead atoms. The highest BCUT2D eigenvalue weighted by Crippen LogP contribution is 2.36. The Hall–Kier alpha value is -2.88. The molecule has 0 spiro atoms. The molecule has 1 N–H and O–H groups in total. The lowest BCUT2D eigenvalue weighted by Crippen LogP contribution is -2.47. The summed E-state index contributed by atoms with van der Waals surface area (Å²) in [6, 6.07) is 14.2. The van der Waals surface area contributed by atoms with Gasteiger partial charge in [-0.15, -0.1) is 22.7 Å². The number of carbonyl (C=O) groups excluding carboxylic acids is 1. The first-order valence-electron chi connectivity index (χ1n) is 12.3. The van der Waals surface area contributed by atoms with Crippen LogP contribution in [0.15, 0.2) is 53.2 Å². The Morgan fingerprint density at radius 1 is 1.06 bits per heavy atom. The van der Waals surface area contributed by atoms with Crippen LogP contribution in [-0.4, -0.2) is 57.0 Å². The Bertz CT molecular complexity index is 1350. The van der Waals surface area contributed by atoms with Crippen molar-refractivity contribution in [3.8, 4) is 21.1 Å². The topological polar surface area (TPSA) is 61.4 Å². The number of amides is 1. The maximum atomic E-state index is 12.9. The number of thiophene rings is 2. The van der Waals surface area contributed by atoms with E-state index in [9.17, 15) is 4.79 Å². The minimum absolute atomic E-state index is 0.00935. The van der Waals surface area contributed by atoms with Gasteiger partial charge in [0.05, 0.1) is 26.7 Å². The highest BCUT2D eigenvalue weighted by Gasteiger charge is 2.29. The van der Waals surface area contributed by atoms with E-state index in [2.05, 4.69) is 33.1 Å². The Labute approximate surface area is 225 Å². The van der Waals surface area contributed by atoms with E-state index >= 15 is 0 Å². The summed E-state index contributed by atoms with van der Waals surface area (Å²) in [7, 11) is 0. The average molecular weight is 536 g/mol. The molecular weight excluding hydrogens is 507 g/mol. The molecule has 0 saturated carbocycles. The van der Waals surface area contributed by atoms with Crippen LogP contribution < -0.4 is 5.32 Å². The van der Waals surface area contributed by atoms with Crippen molar-refractivity contribution in [3.63, 3.8) is 0 Å². The van der Waals surface area contributed by atoms with Crippen LogP contribution in [0.2, 0.25) is 0 Å². The number of benzene rings is 1. The van der Waals surface area contributed by atoms with Crippen molar-refractivity contribution in [2.45, 2.75) is 26.7 Å². The van der Waals surface area contributed by atoms with Crippen molar-refractivity contribution >= 4 is 62.6 Å². The molecular formula is C27H29N5OS3. The van der Waals surface area contributed by atoms with E-state index in [4.69, 9.17) is 22.2 Å². The summed E-state index contributed by atoms with van der Waals surface area (Å²) < 4.78 is 0. The van der Waals surface area contributed by atoms with Gasteiger partial charge in [-0.2, -0.15) is 0 Å². The summed E-state index contributed by atoms with van der Waals surface area (Å²) in [4.78, 5) is 29.2. The summed E-state index contributed by atoms with van der Waals surface area (Å²) in [5.74, 6) is 0.223. The SMILES string of the molecule is CCN(CC)C(=O)C1CCCN(C(=S)Nc2ccc3nc(-c4cccs4)c(-c4cccs4)nc3c2)C1. The number of fused-ring (bicyclic) bond motifs is 1. The van der Waals surface area contributed by atoms with E-state index in [1.54, 1.807) is 22.7 Å². The lowest BCUT2D eigenvalue weighted by molar-refractivity contribution is -0.136. The first-order valence-corrected chi connectivity index (χ1v) is 14.5. The average Bonchev–Trinajstić information content (AvgIpc) is 3.63. The van der Waals surface area contributed by atoms with Crippen molar-refractivity contribution in [1.82, 2.24) is 19.8 Å². The standard InChI is InChI=1S/C27H29N5OS3/c1-3-31(4-2)26(33)18-8-5-13-32(17-18)27(34)28-19-11-12-20-21(16-19)30-25(23-10-7-15-36-23)24(29-20)22-9-6-14-35-22/h6-7,9-12,14-16,18H,3-5,8,13,17H2,1-2H3,(H,28,34). The molecule has 0 aliphatic carbocycles.